The lowest BCUT2D eigenvalue weighted by molar-refractivity contribution is -0.136. The van der Waals surface area contributed by atoms with Crippen molar-refractivity contribution in [3.63, 3.8) is 0 Å². The number of aromatic nitrogens is 1. The van der Waals surface area contributed by atoms with E-state index in [1.165, 1.54) is 19.1 Å². The van der Waals surface area contributed by atoms with E-state index in [9.17, 15) is 19.5 Å². The first kappa shape index (κ1) is 31.2. The molecule has 0 spiro atoms. The quantitative estimate of drug-likeness (QED) is 0.267. The molecule has 3 aromatic rings. The van der Waals surface area contributed by atoms with Crippen molar-refractivity contribution in [2.24, 2.45) is 5.41 Å². The molecule has 0 saturated heterocycles. The van der Waals surface area contributed by atoms with E-state index in [0.717, 1.165) is 11.3 Å². The van der Waals surface area contributed by atoms with E-state index in [4.69, 9.17) is 36.7 Å². The minimum absolute atomic E-state index is 0.0253. The summed E-state index contributed by atoms with van der Waals surface area (Å²) in [6.07, 6.45) is -3.06. The van der Waals surface area contributed by atoms with E-state index in [2.05, 4.69) is 4.98 Å². The van der Waals surface area contributed by atoms with Crippen molar-refractivity contribution < 1.29 is 38.8 Å². The number of anilines is 2. The van der Waals surface area contributed by atoms with Gasteiger partial charge in [-0.2, -0.15) is 0 Å². The molecule has 1 aliphatic heterocycles. The highest BCUT2D eigenvalue weighted by Gasteiger charge is 2.41. The van der Waals surface area contributed by atoms with E-state index in [1.54, 1.807) is 36.4 Å². The van der Waals surface area contributed by atoms with Crippen LogP contribution in [0.25, 0.3) is 0 Å². The van der Waals surface area contributed by atoms with E-state index in [-0.39, 0.29) is 28.9 Å². The molecule has 1 amide bonds. The average molecular weight is 618 g/mol. The Morgan fingerprint density at radius 3 is 2.57 bits per heavy atom. The molecular weight excluding hydrogens is 586 g/mol. The number of carboxylic acids is 1. The number of fused-ring (bicyclic) bond motifs is 1. The van der Waals surface area contributed by atoms with Crippen LogP contribution in [0.3, 0.4) is 0 Å². The molecule has 1 aromatic heterocycles. The first-order valence-corrected chi connectivity index (χ1v) is 14.2. The maximum atomic E-state index is 14.2. The maximum Gasteiger partial charge on any atom is 0.309 e. The van der Waals surface area contributed by atoms with Gasteiger partial charge in [0.15, 0.2) is 22.3 Å². The first-order valence-electron chi connectivity index (χ1n) is 13.0. The normalized spacial score (nSPS) is 17.0. The van der Waals surface area contributed by atoms with Crippen LogP contribution in [0.2, 0.25) is 5.02 Å². The van der Waals surface area contributed by atoms with Gasteiger partial charge >= 0.3 is 5.97 Å². The van der Waals surface area contributed by atoms with Gasteiger partial charge in [-0.15, -0.1) is 0 Å². The fraction of sp³-hybridized carbons (Fsp3) is 0.379. The van der Waals surface area contributed by atoms with Gasteiger partial charge in [0.1, 0.15) is 17.2 Å². The molecule has 2 heterocycles. The van der Waals surface area contributed by atoms with Gasteiger partial charge < -0.3 is 35.1 Å². The first-order chi connectivity index (χ1) is 19.9. The summed E-state index contributed by atoms with van der Waals surface area (Å²) in [7, 11) is 2.99. The van der Waals surface area contributed by atoms with Gasteiger partial charge in [0.2, 0.25) is 0 Å². The summed E-state index contributed by atoms with van der Waals surface area (Å²) in [5, 5.41) is 19.7. The van der Waals surface area contributed by atoms with Gasteiger partial charge in [0, 0.05) is 46.8 Å². The number of ketones is 1. The summed E-state index contributed by atoms with van der Waals surface area (Å²) in [5.74, 6) is -1.37. The smallest absolute Gasteiger partial charge is 0.309 e. The monoisotopic (exact) mass is 617 g/mol. The predicted octanol–water partition coefficient (Wildman–Crippen LogP) is 4.14. The molecule has 4 rings (SSSR count). The highest BCUT2D eigenvalue weighted by Crippen LogP contribution is 2.45. The lowest BCUT2D eigenvalue weighted by Crippen LogP contribution is -2.45. The van der Waals surface area contributed by atoms with Crippen molar-refractivity contribution in [2.45, 2.75) is 38.9 Å². The average Bonchev–Trinajstić information content (AvgIpc) is 3.27. The molecule has 2 atom stereocenters. The molecule has 11 nitrogen and oxygen atoms in total. The van der Waals surface area contributed by atoms with Gasteiger partial charge in [-0.1, -0.05) is 48.9 Å². The number of carboxylic acid groups (broad SMARTS) is 1. The van der Waals surface area contributed by atoms with Crippen LogP contribution >= 0.6 is 22.9 Å². The number of aliphatic hydroxyl groups is 1. The van der Waals surface area contributed by atoms with Gasteiger partial charge in [0.25, 0.3) is 5.91 Å². The lowest BCUT2D eigenvalue weighted by Gasteiger charge is -2.32. The summed E-state index contributed by atoms with van der Waals surface area (Å²) in [6, 6.07) is 10.3. The summed E-state index contributed by atoms with van der Waals surface area (Å²) in [5.41, 5.74) is 6.88. The summed E-state index contributed by atoms with van der Waals surface area (Å²) in [6.45, 7) is 3.53. The zero-order valence-corrected chi connectivity index (χ0v) is 25.1. The molecule has 224 valence electrons. The number of thiazole rings is 1. The Labute approximate surface area is 251 Å². The molecule has 1 aliphatic rings. The number of hydrogen-bond acceptors (Lipinski definition) is 10. The van der Waals surface area contributed by atoms with Gasteiger partial charge in [-0.05, 0) is 24.3 Å². The summed E-state index contributed by atoms with van der Waals surface area (Å²) < 4.78 is 17.7. The van der Waals surface area contributed by atoms with Crippen LogP contribution in [0.4, 0.5) is 10.7 Å². The molecule has 2 aromatic carbocycles. The number of carbonyl (C=O) groups is 3. The molecule has 4 N–H and O–H groups in total. The number of benzene rings is 2. The second-order valence-electron chi connectivity index (χ2n) is 10.6. The van der Waals surface area contributed by atoms with Crippen molar-refractivity contribution in [2.75, 3.05) is 38.0 Å². The molecule has 0 fully saturated rings. The van der Waals surface area contributed by atoms with Crippen molar-refractivity contribution in [1.82, 2.24) is 4.98 Å². The van der Waals surface area contributed by atoms with Crippen LogP contribution in [0, 0.1) is 5.41 Å². The number of nitrogens with zero attached hydrogens (tertiary/aromatic N) is 2. The SMILES string of the molecule is COc1cccc([C@H]2O[C@H](CC(=O)c3nc(CC(=O)O)c(N)s3)C(=O)N(CC(C)(C)CO)c3ccc(Cl)cc32)c1OC. The highest BCUT2D eigenvalue weighted by molar-refractivity contribution is 7.17. The van der Waals surface area contributed by atoms with Gasteiger partial charge in [-0.25, -0.2) is 4.98 Å². The standard InChI is InChI=1S/C29H32ClN3O8S/c1-29(2,14-34)13-33-19-9-8-15(30)10-17(19)24(16-6-5-7-21(39-3)25(16)40-4)41-22(28(33)38)12-20(35)27-32-18(11-23(36)37)26(31)42-27/h5-10,22,24,34H,11-14,31H2,1-4H3,(H,36,37)/t22-,24-/m1/s1. The minimum atomic E-state index is -1.30. The van der Waals surface area contributed by atoms with Gasteiger partial charge in [0.05, 0.1) is 26.3 Å². The number of hydrogen-bond donors (Lipinski definition) is 3. The number of aliphatic carboxylic acids is 1. The van der Waals surface area contributed by atoms with Crippen molar-refractivity contribution in [1.29, 1.82) is 0 Å². The van der Waals surface area contributed by atoms with Crippen molar-refractivity contribution in [3.8, 4) is 11.5 Å². The minimum Gasteiger partial charge on any atom is -0.493 e. The number of amides is 1. The van der Waals surface area contributed by atoms with Crippen molar-refractivity contribution >= 4 is 51.3 Å². The van der Waals surface area contributed by atoms with E-state index >= 15 is 0 Å². The number of para-hydroxylation sites is 1. The van der Waals surface area contributed by atoms with Crippen LogP contribution in [-0.4, -0.2) is 66.3 Å². The second-order valence-corrected chi connectivity index (χ2v) is 12.0. The number of nitrogens with two attached hydrogens (primary N) is 1. The largest absolute Gasteiger partial charge is 0.493 e. The molecule has 0 saturated carbocycles. The number of nitrogen functional groups attached to an aromatic ring is 1. The zero-order chi connectivity index (χ0) is 30.8. The number of Topliss-reactive ketones (excluding diaryl/α,β-unsaturated/α-hetero) is 1. The molecule has 0 aliphatic carbocycles. The molecule has 0 bridgehead atoms. The molecule has 42 heavy (non-hydrogen) atoms. The fourth-order valence-corrected chi connectivity index (χ4v) is 5.69. The third-order valence-corrected chi connectivity index (χ3v) is 7.99. The van der Waals surface area contributed by atoms with Crippen LogP contribution in [-0.2, 0) is 20.7 Å². The Kier molecular flexibility index (Phi) is 9.41. The predicted molar refractivity (Wildman–Crippen MR) is 158 cm³/mol. The Morgan fingerprint density at radius 2 is 1.93 bits per heavy atom. The van der Waals surface area contributed by atoms with Crippen LogP contribution in [0.5, 0.6) is 11.5 Å². The summed E-state index contributed by atoms with van der Waals surface area (Å²) >= 11 is 7.30. The van der Waals surface area contributed by atoms with E-state index in [0.29, 0.717) is 33.3 Å². The zero-order valence-electron chi connectivity index (χ0n) is 23.5. The van der Waals surface area contributed by atoms with Crippen LogP contribution in [0.1, 0.15) is 53.0 Å². The van der Waals surface area contributed by atoms with Crippen LogP contribution < -0.4 is 20.1 Å². The molecule has 0 radical (unpaired) electrons. The number of rotatable bonds is 11. The number of aliphatic hydroxyl groups excluding tert-OH is 1. The van der Waals surface area contributed by atoms with Crippen molar-refractivity contribution in [3.05, 3.63) is 63.2 Å². The lowest BCUT2D eigenvalue weighted by atomic mass is 9.92. The Bertz CT molecular complexity index is 1510. The highest BCUT2D eigenvalue weighted by atomic mass is 35.5. The third-order valence-electron chi connectivity index (χ3n) is 6.79. The van der Waals surface area contributed by atoms with Crippen LogP contribution in [0.15, 0.2) is 36.4 Å². The number of halogens is 1. The Hall–Kier alpha value is -3.71. The molecule has 0 unspecified atom stereocenters. The maximum absolute atomic E-state index is 14.2. The number of methoxy groups -OCH3 is 2. The summed E-state index contributed by atoms with van der Waals surface area (Å²) in [4.78, 5) is 44.4. The second kappa shape index (κ2) is 12.7. The Morgan fingerprint density at radius 1 is 1.19 bits per heavy atom. The fourth-order valence-electron chi connectivity index (χ4n) is 4.71. The Balaban J connectivity index is 1.85. The third kappa shape index (κ3) is 6.51. The van der Waals surface area contributed by atoms with E-state index in [1.807, 2.05) is 13.8 Å². The number of carbonyl (C=O) groups excluding carboxylic acids is 2. The molecule has 13 heteroatoms. The van der Waals surface area contributed by atoms with E-state index < -0.39 is 48.1 Å². The topological polar surface area (TPSA) is 162 Å². The molecular formula is C29H32ClN3O8S. The van der Waals surface area contributed by atoms with Gasteiger partial charge in [-0.3, -0.25) is 14.4 Å². The number of ether oxygens (including phenoxy) is 3.